The molecule has 8 heteroatoms. The minimum Gasteiger partial charge on any atom is -0.340 e. The predicted molar refractivity (Wildman–Crippen MR) is 99.2 cm³/mol. The van der Waals surface area contributed by atoms with Crippen LogP contribution in [0.25, 0.3) is 0 Å². The molecule has 134 valence electrons. The van der Waals surface area contributed by atoms with E-state index in [-0.39, 0.29) is 17.3 Å². The van der Waals surface area contributed by atoms with E-state index in [2.05, 4.69) is 0 Å². The number of rotatable bonds is 6. The SMILES string of the molecule is CN(Cc1cccc(Cl)c1)C(=O)CN(C)S(=O)(=O)c1ccc(Cl)cc1. The van der Waals surface area contributed by atoms with Crippen molar-refractivity contribution in [1.82, 2.24) is 9.21 Å². The molecule has 1 amide bonds. The number of halogens is 2. The first-order chi connectivity index (χ1) is 11.7. The molecule has 0 fully saturated rings. The largest absolute Gasteiger partial charge is 0.340 e. The van der Waals surface area contributed by atoms with E-state index in [1.807, 2.05) is 6.07 Å². The highest BCUT2D eigenvalue weighted by Gasteiger charge is 2.24. The molecule has 0 aliphatic heterocycles. The van der Waals surface area contributed by atoms with Crippen molar-refractivity contribution in [3.05, 3.63) is 64.1 Å². The van der Waals surface area contributed by atoms with Crippen LogP contribution in [0.1, 0.15) is 5.56 Å². The van der Waals surface area contributed by atoms with Gasteiger partial charge < -0.3 is 4.90 Å². The molecule has 0 bridgehead atoms. The minimum atomic E-state index is -3.76. The van der Waals surface area contributed by atoms with Gasteiger partial charge in [-0.05, 0) is 42.0 Å². The van der Waals surface area contributed by atoms with Gasteiger partial charge in [-0.25, -0.2) is 8.42 Å². The molecule has 0 atom stereocenters. The molecule has 0 saturated heterocycles. The van der Waals surface area contributed by atoms with Gasteiger partial charge in [-0.3, -0.25) is 4.79 Å². The average molecular weight is 401 g/mol. The number of hydrogen-bond acceptors (Lipinski definition) is 3. The summed E-state index contributed by atoms with van der Waals surface area (Å²) in [5.41, 5.74) is 0.867. The molecule has 0 aromatic heterocycles. The van der Waals surface area contributed by atoms with Gasteiger partial charge in [0.1, 0.15) is 0 Å². The first-order valence-electron chi connectivity index (χ1n) is 7.40. The van der Waals surface area contributed by atoms with E-state index in [0.717, 1.165) is 9.87 Å². The number of benzene rings is 2. The number of hydrogen-bond donors (Lipinski definition) is 0. The Hall–Kier alpha value is -1.60. The van der Waals surface area contributed by atoms with Gasteiger partial charge in [0.25, 0.3) is 0 Å². The first-order valence-corrected chi connectivity index (χ1v) is 9.60. The summed E-state index contributed by atoms with van der Waals surface area (Å²) < 4.78 is 26.0. The van der Waals surface area contributed by atoms with Crippen LogP contribution >= 0.6 is 23.2 Å². The van der Waals surface area contributed by atoms with Gasteiger partial charge >= 0.3 is 0 Å². The van der Waals surface area contributed by atoms with Crippen LogP contribution in [0.5, 0.6) is 0 Å². The molecule has 0 heterocycles. The van der Waals surface area contributed by atoms with Crippen molar-refractivity contribution in [2.45, 2.75) is 11.4 Å². The predicted octanol–water partition coefficient (Wildman–Crippen LogP) is 3.27. The third kappa shape index (κ3) is 5.19. The van der Waals surface area contributed by atoms with Gasteiger partial charge in [0.15, 0.2) is 0 Å². The Labute approximate surface area is 157 Å². The number of amides is 1. The second-order valence-electron chi connectivity index (χ2n) is 5.59. The van der Waals surface area contributed by atoms with E-state index >= 15 is 0 Å². The molecule has 5 nitrogen and oxygen atoms in total. The number of carbonyl (C=O) groups excluding carboxylic acids is 1. The number of carbonyl (C=O) groups is 1. The van der Waals surface area contributed by atoms with E-state index in [9.17, 15) is 13.2 Å². The Morgan fingerprint density at radius 3 is 2.24 bits per heavy atom. The first kappa shape index (κ1) is 19.7. The summed E-state index contributed by atoms with van der Waals surface area (Å²) in [6.07, 6.45) is 0. The number of sulfonamides is 1. The normalized spacial score (nSPS) is 11.6. The van der Waals surface area contributed by atoms with E-state index in [1.165, 1.54) is 36.2 Å². The Bertz CT molecular complexity index is 854. The maximum absolute atomic E-state index is 12.5. The van der Waals surface area contributed by atoms with Gasteiger partial charge in [-0.2, -0.15) is 4.31 Å². The van der Waals surface area contributed by atoms with E-state index in [1.54, 1.807) is 25.2 Å². The Morgan fingerprint density at radius 1 is 1.00 bits per heavy atom. The highest BCUT2D eigenvalue weighted by molar-refractivity contribution is 7.89. The lowest BCUT2D eigenvalue weighted by Crippen LogP contribution is -2.39. The van der Waals surface area contributed by atoms with Crippen molar-refractivity contribution < 1.29 is 13.2 Å². The summed E-state index contributed by atoms with van der Waals surface area (Å²) in [6, 6.07) is 13.0. The van der Waals surface area contributed by atoms with Crippen molar-refractivity contribution >= 4 is 39.1 Å². The van der Waals surface area contributed by atoms with Gasteiger partial charge in [0.2, 0.25) is 15.9 Å². The second kappa shape index (κ2) is 8.19. The topological polar surface area (TPSA) is 57.7 Å². The molecule has 0 spiro atoms. The lowest BCUT2D eigenvalue weighted by Gasteiger charge is -2.22. The Morgan fingerprint density at radius 2 is 1.64 bits per heavy atom. The zero-order valence-electron chi connectivity index (χ0n) is 13.8. The minimum absolute atomic E-state index is 0.0877. The summed E-state index contributed by atoms with van der Waals surface area (Å²) in [5, 5.41) is 1.03. The quantitative estimate of drug-likeness (QED) is 0.747. The van der Waals surface area contributed by atoms with E-state index in [0.29, 0.717) is 16.6 Å². The summed E-state index contributed by atoms with van der Waals surface area (Å²) in [7, 11) is -0.771. The molecule has 25 heavy (non-hydrogen) atoms. The van der Waals surface area contributed by atoms with Gasteiger partial charge in [0.05, 0.1) is 11.4 Å². The average Bonchev–Trinajstić information content (AvgIpc) is 2.55. The maximum Gasteiger partial charge on any atom is 0.243 e. The summed E-state index contributed by atoms with van der Waals surface area (Å²) in [6.45, 7) is 0.0796. The highest BCUT2D eigenvalue weighted by atomic mass is 35.5. The van der Waals surface area contributed by atoms with E-state index in [4.69, 9.17) is 23.2 Å². The van der Waals surface area contributed by atoms with Gasteiger partial charge in [-0.1, -0.05) is 35.3 Å². The van der Waals surface area contributed by atoms with Gasteiger partial charge in [-0.15, -0.1) is 0 Å². The Kier molecular flexibility index (Phi) is 6.46. The zero-order valence-corrected chi connectivity index (χ0v) is 16.1. The van der Waals surface area contributed by atoms with Crippen LogP contribution in [-0.2, 0) is 21.4 Å². The molecular formula is C17H18Cl2N2O3S. The summed E-state index contributed by atoms with van der Waals surface area (Å²) >= 11 is 11.7. The Balaban J connectivity index is 2.04. The van der Waals surface area contributed by atoms with Gasteiger partial charge in [0, 0.05) is 30.7 Å². The third-order valence-corrected chi connectivity index (χ3v) is 5.92. The van der Waals surface area contributed by atoms with Crippen molar-refractivity contribution in [3.63, 3.8) is 0 Å². The van der Waals surface area contributed by atoms with Crippen LogP contribution in [-0.4, -0.2) is 44.2 Å². The molecule has 0 unspecified atom stereocenters. The van der Waals surface area contributed by atoms with Crippen LogP contribution in [0, 0.1) is 0 Å². The molecule has 0 saturated carbocycles. The molecule has 2 rings (SSSR count). The molecule has 0 aliphatic carbocycles. The van der Waals surface area contributed by atoms with Crippen molar-refractivity contribution in [3.8, 4) is 0 Å². The van der Waals surface area contributed by atoms with Crippen molar-refractivity contribution in [2.24, 2.45) is 0 Å². The second-order valence-corrected chi connectivity index (χ2v) is 8.51. The number of likely N-dealkylation sites (N-methyl/N-ethyl adjacent to an activating group) is 2. The zero-order chi connectivity index (χ0) is 18.6. The highest BCUT2D eigenvalue weighted by Crippen LogP contribution is 2.18. The van der Waals surface area contributed by atoms with Crippen LogP contribution in [0.2, 0.25) is 10.0 Å². The standard InChI is InChI=1S/C17H18Cl2N2O3S/c1-20(11-13-4-3-5-15(19)10-13)17(22)12-21(2)25(23,24)16-8-6-14(18)7-9-16/h3-10H,11-12H2,1-2H3. The van der Waals surface area contributed by atoms with Crippen LogP contribution in [0.3, 0.4) is 0 Å². The lowest BCUT2D eigenvalue weighted by atomic mass is 10.2. The van der Waals surface area contributed by atoms with Crippen molar-refractivity contribution in [1.29, 1.82) is 0 Å². The third-order valence-electron chi connectivity index (χ3n) is 3.61. The molecule has 0 N–H and O–H groups in total. The smallest absolute Gasteiger partial charge is 0.243 e. The molecule has 0 radical (unpaired) electrons. The fourth-order valence-electron chi connectivity index (χ4n) is 2.18. The fraction of sp³-hybridized carbons (Fsp3) is 0.235. The molecule has 2 aromatic carbocycles. The maximum atomic E-state index is 12.5. The van der Waals surface area contributed by atoms with Crippen LogP contribution < -0.4 is 0 Å². The van der Waals surface area contributed by atoms with Crippen molar-refractivity contribution in [2.75, 3.05) is 20.6 Å². The number of nitrogens with zero attached hydrogens (tertiary/aromatic N) is 2. The van der Waals surface area contributed by atoms with Crippen LogP contribution in [0.4, 0.5) is 0 Å². The summed E-state index contributed by atoms with van der Waals surface area (Å²) in [5.74, 6) is -0.319. The molecular weight excluding hydrogens is 383 g/mol. The summed E-state index contributed by atoms with van der Waals surface area (Å²) in [4.78, 5) is 13.9. The fourth-order valence-corrected chi connectivity index (χ4v) is 3.64. The monoisotopic (exact) mass is 400 g/mol. The van der Waals surface area contributed by atoms with Crippen LogP contribution in [0.15, 0.2) is 53.4 Å². The lowest BCUT2D eigenvalue weighted by molar-refractivity contribution is -0.130. The molecule has 2 aromatic rings. The molecule has 0 aliphatic rings. The van der Waals surface area contributed by atoms with E-state index < -0.39 is 10.0 Å².